The van der Waals surface area contributed by atoms with Crippen LogP contribution >= 0.6 is 11.8 Å². The molecule has 0 saturated heterocycles. The highest BCUT2D eigenvalue weighted by Crippen LogP contribution is 2.27. The van der Waals surface area contributed by atoms with Crippen molar-refractivity contribution in [2.24, 2.45) is 0 Å². The predicted octanol–water partition coefficient (Wildman–Crippen LogP) is 3.73. The fraction of sp³-hybridized carbons (Fsp3) is 0.429. The van der Waals surface area contributed by atoms with Gasteiger partial charge in [-0.25, -0.2) is 0 Å². The van der Waals surface area contributed by atoms with E-state index in [1.165, 1.54) is 4.90 Å². The summed E-state index contributed by atoms with van der Waals surface area (Å²) < 4.78 is 11.3. The molecule has 0 aliphatic heterocycles. The molecule has 0 aliphatic rings. The number of hydrogen-bond donors (Lipinski definition) is 0. The predicted molar refractivity (Wildman–Crippen MR) is 73.3 cm³/mol. The van der Waals surface area contributed by atoms with Crippen LogP contribution in [0.2, 0.25) is 0 Å². The van der Waals surface area contributed by atoms with E-state index in [9.17, 15) is 0 Å². The Labute approximate surface area is 108 Å². The first-order valence-corrected chi connectivity index (χ1v) is 6.65. The first-order valence-electron chi connectivity index (χ1n) is 5.66. The summed E-state index contributed by atoms with van der Waals surface area (Å²) in [5.41, 5.74) is 0. The molecule has 0 saturated carbocycles. The first kappa shape index (κ1) is 14.3. The molecule has 0 fully saturated rings. The third kappa shape index (κ3) is 4.54. The van der Waals surface area contributed by atoms with Crippen molar-refractivity contribution in [1.29, 1.82) is 0 Å². The van der Waals surface area contributed by atoms with Gasteiger partial charge in [0.2, 0.25) is 0 Å². The van der Waals surface area contributed by atoms with Gasteiger partial charge in [0.25, 0.3) is 0 Å². The minimum atomic E-state index is -0.714. The van der Waals surface area contributed by atoms with E-state index in [1.807, 2.05) is 32.0 Å². The van der Waals surface area contributed by atoms with Crippen molar-refractivity contribution in [1.82, 2.24) is 0 Å². The zero-order valence-corrected chi connectivity index (χ0v) is 11.5. The molecule has 94 valence electrons. The number of methoxy groups -OCH3 is 1. The number of benzene rings is 1. The highest BCUT2D eigenvalue weighted by atomic mass is 32.2. The maximum absolute atomic E-state index is 5.80. The summed E-state index contributed by atoms with van der Waals surface area (Å²) >= 11 is 1.70. The third-order valence-electron chi connectivity index (χ3n) is 2.27. The topological polar surface area (TPSA) is 18.5 Å². The number of ether oxygens (including phenoxy) is 2. The van der Waals surface area contributed by atoms with Crippen LogP contribution < -0.4 is 0 Å². The summed E-state index contributed by atoms with van der Waals surface area (Å²) in [5.74, 6) is -0.0239. The van der Waals surface area contributed by atoms with Gasteiger partial charge >= 0.3 is 0 Å². The van der Waals surface area contributed by atoms with E-state index in [4.69, 9.17) is 9.47 Å². The minimum Gasteiger partial charge on any atom is -0.349 e. The Morgan fingerprint density at radius 2 is 2.00 bits per heavy atom. The summed E-state index contributed by atoms with van der Waals surface area (Å²) in [6.07, 6.45) is 1.83. The van der Waals surface area contributed by atoms with Crippen LogP contribution in [0.25, 0.3) is 0 Å². The fourth-order valence-corrected chi connectivity index (χ4v) is 2.45. The summed E-state index contributed by atoms with van der Waals surface area (Å²) in [6, 6.07) is 10.2. The van der Waals surface area contributed by atoms with Crippen molar-refractivity contribution in [3.8, 4) is 0 Å². The molecule has 0 aliphatic carbocycles. The van der Waals surface area contributed by atoms with E-state index in [2.05, 4.69) is 18.7 Å². The Balaban J connectivity index is 2.64. The second-order valence-corrected chi connectivity index (χ2v) is 5.04. The SMILES string of the molecule is C=CC(CSc1ccccc1)(OC)OC(C)C. The molecule has 0 aromatic heterocycles. The molecule has 17 heavy (non-hydrogen) atoms. The van der Waals surface area contributed by atoms with Gasteiger partial charge in [0, 0.05) is 12.0 Å². The normalized spacial score (nSPS) is 14.6. The lowest BCUT2D eigenvalue weighted by molar-refractivity contribution is -0.191. The number of rotatable bonds is 7. The zero-order chi connectivity index (χ0) is 12.7. The second kappa shape index (κ2) is 6.84. The third-order valence-corrected chi connectivity index (χ3v) is 3.43. The van der Waals surface area contributed by atoms with Crippen LogP contribution in [-0.4, -0.2) is 24.8 Å². The van der Waals surface area contributed by atoms with Crippen LogP contribution in [0.1, 0.15) is 13.8 Å². The molecule has 1 aromatic carbocycles. The van der Waals surface area contributed by atoms with Gasteiger partial charge in [0.05, 0.1) is 11.9 Å². The van der Waals surface area contributed by atoms with E-state index in [0.29, 0.717) is 5.75 Å². The lowest BCUT2D eigenvalue weighted by Gasteiger charge is -2.30. The molecule has 1 unspecified atom stereocenters. The van der Waals surface area contributed by atoms with Crippen LogP contribution in [0, 0.1) is 0 Å². The van der Waals surface area contributed by atoms with E-state index in [-0.39, 0.29) is 6.10 Å². The average Bonchev–Trinajstić information content (AvgIpc) is 2.35. The molecule has 1 aromatic rings. The average molecular weight is 252 g/mol. The van der Waals surface area contributed by atoms with Gasteiger partial charge in [-0.05, 0) is 32.1 Å². The molecule has 0 bridgehead atoms. The highest BCUT2D eigenvalue weighted by molar-refractivity contribution is 7.99. The van der Waals surface area contributed by atoms with E-state index in [0.717, 1.165) is 0 Å². The van der Waals surface area contributed by atoms with Gasteiger partial charge in [-0.2, -0.15) is 0 Å². The molecule has 0 N–H and O–H groups in total. The van der Waals surface area contributed by atoms with Gasteiger partial charge in [-0.3, -0.25) is 0 Å². The van der Waals surface area contributed by atoms with Gasteiger partial charge < -0.3 is 9.47 Å². The van der Waals surface area contributed by atoms with E-state index < -0.39 is 5.79 Å². The second-order valence-electron chi connectivity index (χ2n) is 3.99. The Bertz CT molecular complexity index is 337. The molecule has 1 atom stereocenters. The largest absolute Gasteiger partial charge is 0.349 e. The van der Waals surface area contributed by atoms with Crippen LogP contribution in [0.4, 0.5) is 0 Å². The molecule has 0 amide bonds. The summed E-state index contributed by atoms with van der Waals surface area (Å²) in [7, 11) is 1.65. The van der Waals surface area contributed by atoms with Crippen molar-refractivity contribution in [3.05, 3.63) is 43.0 Å². The summed E-state index contributed by atoms with van der Waals surface area (Å²) in [4.78, 5) is 1.20. The zero-order valence-electron chi connectivity index (χ0n) is 10.7. The van der Waals surface area contributed by atoms with Gasteiger partial charge in [0.15, 0.2) is 5.79 Å². The molecule has 0 spiro atoms. The Morgan fingerprint density at radius 3 is 2.47 bits per heavy atom. The van der Waals surface area contributed by atoms with Crippen molar-refractivity contribution in [2.75, 3.05) is 12.9 Å². The van der Waals surface area contributed by atoms with E-state index in [1.54, 1.807) is 24.9 Å². The molecule has 0 radical (unpaired) electrons. The lowest BCUT2D eigenvalue weighted by Crippen LogP contribution is -2.37. The van der Waals surface area contributed by atoms with Crippen molar-refractivity contribution in [3.63, 3.8) is 0 Å². The molecule has 2 nitrogen and oxygen atoms in total. The molecular weight excluding hydrogens is 232 g/mol. The van der Waals surface area contributed by atoms with E-state index >= 15 is 0 Å². The number of hydrogen-bond acceptors (Lipinski definition) is 3. The monoisotopic (exact) mass is 252 g/mol. The highest BCUT2D eigenvalue weighted by Gasteiger charge is 2.28. The van der Waals surface area contributed by atoms with Crippen LogP contribution in [-0.2, 0) is 9.47 Å². The van der Waals surface area contributed by atoms with Crippen LogP contribution in [0.5, 0.6) is 0 Å². The maximum Gasteiger partial charge on any atom is 0.197 e. The molecule has 1 rings (SSSR count). The van der Waals surface area contributed by atoms with Crippen LogP contribution in [0.15, 0.2) is 47.9 Å². The Kier molecular flexibility index (Phi) is 5.75. The maximum atomic E-state index is 5.80. The van der Waals surface area contributed by atoms with Gasteiger partial charge in [-0.15, -0.1) is 11.8 Å². The quantitative estimate of drug-likeness (QED) is 0.418. The molecule has 3 heteroatoms. The van der Waals surface area contributed by atoms with Gasteiger partial charge in [0.1, 0.15) is 0 Å². The fourth-order valence-electron chi connectivity index (χ4n) is 1.43. The lowest BCUT2D eigenvalue weighted by atomic mass is 10.3. The molecule has 0 heterocycles. The summed E-state index contributed by atoms with van der Waals surface area (Å²) in [6.45, 7) is 7.79. The number of thioether (sulfide) groups is 1. The van der Waals surface area contributed by atoms with Crippen molar-refractivity contribution < 1.29 is 9.47 Å². The standard InChI is InChI=1S/C14H20O2S/c1-5-14(15-4,16-12(2)3)11-17-13-9-7-6-8-10-13/h5-10,12H,1,11H2,2-4H3. The Hall–Kier alpha value is -0.770. The van der Waals surface area contributed by atoms with Crippen molar-refractivity contribution >= 4 is 11.8 Å². The first-order chi connectivity index (χ1) is 8.12. The Morgan fingerprint density at radius 1 is 1.35 bits per heavy atom. The van der Waals surface area contributed by atoms with Crippen molar-refractivity contribution in [2.45, 2.75) is 30.6 Å². The summed E-state index contributed by atoms with van der Waals surface area (Å²) in [5, 5.41) is 0. The smallest absolute Gasteiger partial charge is 0.197 e. The minimum absolute atomic E-state index is 0.101. The van der Waals surface area contributed by atoms with Crippen LogP contribution in [0.3, 0.4) is 0 Å². The molecular formula is C14H20O2S. The van der Waals surface area contributed by atoms with Gasteiger partial charge in [-0.1, -0.05) is 24.8 Å².